The van der Waals surface area contributed by atoms with Crippen molar-refractivity contribution in [1.82, 2.24) is 15.0 Å². The largest absolute Gasteiger partial charge is 0.387 e. The van der Waals surface area contributed by atoms with Crippen LogP contribution in [-0.2, 0) is 0 Å². The van der Waals surface area contributed by atoms with Gasteiger partial charge in [-0.15, -0.1) is 5.10 Å². The van der Waals surface area contributed by atoms with Crippen molar-refractivity contribution in [3.8, 4) is 5.69 Å². The van der Waals surface area contributed by atoms with Gasteiger partial charge in [-0.2, -0.15) is 0 Å². The second-order valence-electron chi connectivity index (χ2n) is 3.70. The monoisotopic (exact) mass is 221 g/mol. The van der Waals surface area contributed by atoms with Gasteiger partial charge in [0, 0.05) is 0 Å². The molecule has 0 spiro atoms. The van der Waals surface area contributed by atoms with E-state index >= 15 is 0 Å². The van der Waals surface area contributed by atoms with E-state index in [9.17, 15) is 9.50 Å². The van der Waals surface area contributed by atoms with E-state index in [-0.39, 0.29) is 5.82 Å². The first-order valence-corrected chi connectivity index (χ1v) is 4.95. The summed E-state index contributed by atoms with van der Waals surface area (Å²) in [5.74, 6) is -0.286. The number of aromatic nitrogens is 3. The molecule has 0 fully saturated rings. The molecule has 1 heterocycles. The zero-order valence-electron chi connectivity index (χ0n) is 9.05. The zero-order valence-corrected chi connectivity index (χ0v) is 9.05. The van der Waals surface area contributed by atoms with E-state index in [4.69, 9.17) is 0 Å². The van der Waals surface area contributed by atoms with E-state index < -0.39 is 6.10 Å². The van der Waals surface area contributed by atoms with Crippen LogP contribution in [0.15, 0.2) is 24.4 Å². The Balaban J connectivity index is 2.39. The predicted octanol–water partition coefficient (Wildman–Crippen LogP) is 1.77. The predicted molar refractivity (Wildman–Crippen MR) is 56.7 cm³/mol. The van der Waals surface area contributed by atoms with E-state index in [1.54, 1.807) is 32.2 Å². The fourth-order valence-corrected chi connectivity index (χ4v) is 1.32. The van der Waals surface area contributed by atoms with Crippen LogP contribution in [0.25, 0.3) is 5.69 Å². The van der Waals surface area contributed by atoms with Gasteiger partial charge < -0.3 is 5.11 Å². The van der Waals surface area contributed by atoms with Crippen molar-refractivity contribution >= 4 is 0 Å². The molecule has 2 rings (SSSR count). The Bertz CT molecular complexity index is 508. The van der Waals surface area contributed by atoms with E-state index in [0.29, 0.717) is 16.9 Å². The number of nitrogens with zero attached hydrogens (tertiary/aromatic N) is 3. The number of aliphatic hydroxyl groups is 1. The molecule has 0 saturated heterocycles. The summed E-state index contributed by atoms with van der Waals surface area (Å²) in [5, 5.41) is 16.9. The molecule has 1 aromatic heterocycles. The molecule has 0 radical (unpaired) electrons. The molecule has 0 aliphatic heterocycles. The second-order valence-corrected chi connectivity index (χ2v) is 3.70. The van der Waals surface area contributed by atoms with Crippen molar-refractivity contribution in [2.75, 3.05) is 0 Å². The number of hydrogen-bond acceptors (Lipinski definition) is 3. The Hall–Kier alpha value is -1.75. The highest BCUT2D eigenvalue weighted by atomic mass is 19.1. The van der Waals surface area contributed by atoms with Gasteiger partial charge in [0.15, 0.2) is 0 Å². The maximum Gasteiger partial charge on any atom is 0.128 e. The fraction of sp³-hybridized carbons (Fsp3) is 0.273. The number of aliphatic hydroxyl groups excluding tert-OH is 1. The summed E-state index contributed by atoms with van der Waals surface area (Å²) in [6, 6.07) is 4.81. The average Bonchev–Trinajstić information content (AvgIpc) is 2.71. The van der Waals surface area contributed by atoms with Crippen LogP contribution >= 0.6 is 0 Å². The Morgan fingerprint density at radius 1 is 1.44 bits per heavy atom. The van der Waals surface area contributed by atoms with Crippen LogP contribution in [0.4, 0.5) is 4.39 Å². The molecule has 0 bridgehead atoms. The Labute approximate surface area is 92.3 Å². The van der Waals surface area contributed by atoms with Crippen molar-refractivity contribution in [2.24, 2.45) is 0 Å². The number of benzene rings is 1. The van der Waals surface area contributed by atoms with Crippen LogP contribution in [0.1, 0.15) is 24.3 Å². The van der Waals surface area contributed by atoms with E-state index in [1.165, 1.54) is 10.7 Å². The lowest BCUT2D eigenvalue weighted by Crippen LogP contribution is -1.96. The molecule has 2 aromatic rings. The van der Waals surface area contributed by atoms with E-state index in [1.807, 2.05) is 0 Å². The molecule has 1 N–H and O–H groups in total. The van der Waals surface area contributed by atoms with Crippen LogP contribution in [-0.4, -0.2) is 20.1 Å². The first-order valence-electron chi connectivity index (χ1n) is 4.95. The number of hydrogen-bond donors (Lipinski definition) is 1. The van der Waals surface area contributed by atoms with Gasteiger partial charge in [-0.3, -0.25) is 0 Å². The lowest BCUT2D eigenvalue weighted by Gasteiger charge is -2.01. The number of rotatable bonds is 2. The molecule has 0 aliphatic carbocycles. The van der Waals surface area contributed by atoms with Gasteiger partial charge >= 0.3 is 0 Å². The van der Waals surface area contributed by atoms with Gasteiger partial charge in [-0.1, -0.05) is 11.3 Å². The van der Waals surface area contributed by atoms with Gasteiger partial charge in [0.1, 0.15) is 11.5 Å². The minimum Gasteiger partial charge on any atom is -0.387 e. The molecule has 0 amide bonds. The number of aryl methyl sites for hydroxylation is 1. The van der Waals surface area contributed by atoms with Gasteiger partial charge in [0.25, 0.3) is 0 Å². The van der Waals surface area contributed by atoms with E-state index in [0.717, 1.165) is 0 Å². The smallest absolute Gasteiger partial charge is 0.128 e. The van der Waals surface area contributed by atoms with Crippen LogP contribution in [0.5, 0.6) is 0 Å². The highest BCUT2D eigenvalue weighted by Crippen LogP contribution is 2.14. The Morgan fingerprint density at radius 3 is 2.75 bits per heavy atom. The summed E-state index contributed by atoms with van der Waals surface area (Å²) in [5.41, 5.74) is 1.63. The molecule has 0 unspecified atom stereocenters. The van der Waals surface area contributed by atoms with Crippen molar-refractivity contribution in [3.05, 3.63) is 41.5 Å². The van der Waals surface area contributed by atoms with Crippen molar-refractivity contribution in [2.45, 2.75) is 20.0 Å². The molecule has 84 valence electrons. The molecule has 0 saturated carbocycles. The first-order chi connectivity index (χ1) is 7.58. The van der Waals surface area contributed by atoms with Crippen LogP contribution < -0.4 is 0 Å². The van der Waals surface area contributed by atoms with Crippen molar-refractivity contribution in [3.63, 3.8) is 0 Å². The minimum atomic E-state index is -0.677. The second kappa shape index (κ2) is 4.02. The highest BCUT2D eigenvalue weighted by molar-refractivity contribution is 5.34. The number of halogens is 1. The summed E-state index contributed by atoms with van der Waals surface area (Å²) in [6.07, 6.45) is 0.901. The molecule has 4 nitrogen and oxygen atoms in total. The van der Waals surface area contributed by atoms with Gasteiger partial charge in [-0.05, 0) is 31.5 Å². The third-order valence-corrected chi connectivity index (χ3v) is 2.36. The maximum absolute atomic E-state index is 13.3. The quantitative estimate of drug-likeness (QED) is 0.840. The topological polar surface area (TPSA) is 50.9 Å². The van der Waals surface area contributed by atoms with Crippen LogP contribution in [0.3, 0.4) is 0 Å². The van der Waals surface area contributed by atoms with Gasteiger partial charge in [0.05, 0.1) is 18.0 Å². The van der Waals surface area contributed by atoms with Crippen molar-refractivity contribution < 1.29 is 9.50 Å². The molecule has 16 heavy (non-hydrogen) atoms. The summed E-state index contributed by atoms with van der Waals surface area (Å²) in [6.45, 7) is 3.30. The zero-order chi connectivity index (χ0) is 11.7. The summed E-state index contributed by atoms with van der Waals surface area (Å²) >= 11 is 0. The molecule has 1 aromatic carbocycles. The summed E-state index contributed by atoms with van der Waals surface area (Å²) < 4.78 is 14.8. The average molecular weight is 221 g/mol. The molecule has 5 heteroatoms. The van der Waals surface area contributed by atoms with Crippen molar-refractivity contribution in [1.29, 1.82) is 0 Å². The normalized spacial score (nSPS) is 12.8. The molecular weight excluding hydrogens is 209 g/mol. The fourth-order valence-electron chi connectivity index (χ4n) is 1.32. The lowest BCUT2D eigenvalue weighted by atomic mass is 10.2. The Kier molecular flexibility index (Phi) is 2.70. The first kappa shape index (κ1) is 10.8. The third-order valence-electron chi connectivity index (χ3n) is 2.36. The SMILES string of the molecule is Cc1ccc(-n2cc([C@@H](C)O)nn2)cc1F. The lowest BCUT2D eigenvalue weighted by molar-refractivity contribution is 0.194. The van der Waals surface area contributed by atoms with Crippen LogP contribution in [0, 0.1) is 12.7 Å². The summed E-state index contributed by atoms with van der Waals surface area (Å²) in [7, 11) is 0. The van der Waals surface area contributed by atoms with Crippen LogP contribution in [0.2, 0.25) is 0 Å². The minimum absolute atomic E-state index is 0.286. The third kappa shape index (κ3) is 1.94. The molecule has 0 aliphatic rings. The summed E-state index contributed by atoms with van der Waals surface area (Å²) in [4.78, 5) is 0. The maximum atomic E-state index is 13.3. The highest BCUT2D eigenvalue weighted by Gasteiger charge is 2.08. The molecule has 1 atom stereocenters. The Morgan fingerprint density at radius 2 is 2.19 bits per heavy atom. The van der Waals surface area contributed by atoms with Gasteiger partial charge in [0.2, 0.25) is 0 Å². The van der Waals surface area contributed by atoms with Gasteiger partial charge in [-0.25, -0.2) is 9.07 Å². The van der Waals surface area contributed by atoms with E-state index in [2.05, 4.69) is 10.3 Å². The molecular formula is C11H12FN3O. The standard InChI is InChI=1S/C11H12FN3O/c1-7-3-4-9(5-10(7)12)15-6-11(8(2)16)13-14-15/h3-6,8,16H,1-2H3/t8-/m1/s1.